The first-order valence-electron chi connectivity index (χ1n) is 14.0. The number of aliphatic carboxylic acids is 1. The zero-order chi connectivity index (χ0) is 27.9. The third-order valence-corrected chi connectivity index (χ3v) is 7.85. The summed E-state index contributed by atoms with van der Waals surface area (Å²) in [4.78, 5) is 55.9. The highest BCUT2D eigenvalue weighted by Gasteiger charge is 2.41. The molecule has 3 amide bonds. The Morgan fingerprint density at radius 2 is 1.59 bits per heavy atom. The number of rotatable bonds is 9. The van der Waals surface area contributed by atoms with Crippen LogP contribution in [0.15, 0.2) is 48.5 Å². The standard InChI is InChI=1S/C31H39N3O5/c1-21-8-5-12-24(18-21)26(20-28(36)37)32-29(38)30-33(27(35)15-14-23-10-3-4-11-23)16-7-17-34(30)31(39)25-13-6-9-22(2)19-25/h5-6,8-9,12-13,18-19,23,26,30H,3-4,7,10-11,14-17,20H2,1-2H3,(H,32,38)(H,36,37). The van der Waals surface area contributed by atoms with Gasteiger partial charge in [0, 0.05) is 25.1 Å². The molecule has 1 aliphatic carbocycles. The minimum Gasteiger partial charge on any atom is -0.481 e. The van der Waals surface area contributed by atoms with Crippen molar-refractivity contribution in [2.45, 2.75) is 77.4 Å². The summed E-state index contributed by atoms with van der Waals surface area (Å²) in [5, 5.41) is 12.5. The second-order valence-electron chi connectivity index (χ2n) is 10.9. The van der Waals surface area contributed by atoms with Crippen molar-refractivity contribution in [3.63, 3.8) is 0 Å². The largest absolute Gasteiger partial charge is 0.481 e. The molecule has 2 atom stereocenters. The number of benzene rings is 2. The summed E-state index contributed by atoms with van der Waals surface area (Å²) < 4.78 is 0. The van der Waals surface area contributed by atoms with E-state index in [4.69, 9.17) is 0 Å². The fourth-order valence-electron chi connectivity index (χ4n) is 5.86. The summed E-state index contributed by atoms with van der Waals surface area (Å²) in [6.07, 6.45) is 4.84. The average molecular weight is 534 g/mol. The number of carboxylic acid groups (broad SMARTS) is 1. The molecule has 39 heavy (non-hydrogen) atoms. The Morgan fingerprint density at radius 3 is 2.26 bits per heavy atom. The zero-order valence-corrected chi connectivity index (χ0v) is 22.9. The van der Waals surface area contributed by atoms with Crippen molar-refractivity contribution in [1.82, 2.24) is 15.1 Å². The van der Waals surface area contributed by atoms with Gasteiger partial charge in [-0.3, -0.25) is 19.2 Å². The smallest absolute Gasteiger partial charge is 0.305 e. The van der Waals surface area contributed by atoms with Crippen LogP contribution in [-0.4, -0.2) is 57.9 Å². The number of carbonyl (C=O) groups is 4. The Labute approximate surface area is 230 Å². The maximum Gasteiger partial charge on any atom is 0.305 e. The maximum atomic E-state index is 13.9. The second-order valence-corrected chi connectivity index (χ2v) is 10.9. The minimum absolute atomic E-state index is 0.144. The van der Waals surface area contributed by atoms with Gasteiger partial charge in [-0.2, -0.15) is 0 Å². The molecule has 2 aliphatic rings. The van der Waals surface area contributed by atoms with Crippen LogP contribution in [-0.2, 0) is 14.4 Å². The van der Waals surface area contributed by atoms with Gasteiger partial charge in [-0.05, 0) is 50.3 Å². The predicted octanol–water partition coefficient (Wildman–Crippen LogP) is 4.61. The predicted molar refractivity (Wildman–Crippen MR) is 148 cm³/mol. The van der Waals surface area contributed by atoms with Crippen LogP contribution in [0.4, 0.5) is 0 Å². The van der Waals surface area contributed by atoms with Crippen molar-refractivity contribution in [2.75, 3.05) is 13.1 Å². The molecule has 2 unspecified atom stereocenters. The third-order valence-electron chi connectivity index (χ3n) is 7.85. The lowest BCUT2D eigenvalue weighted by Gasteiger charge is -2.43. The first kappa shape index (κ1) is 28.3. The van der Waals surface area contributed by atoms with Crippen LogP contribution < -0.4 is 5.32 Å². The summed E-state index contributed by atoms with van der Waals surface area (Å²) in [6, 6.07) is 13.7. The molecule has 0 bridgehead atoms. The zero-order valence-electron chi connectivity index (χ0n) is 22.9. The molecule has 0 radical (unpaired) electrons. The fraction of sp³-hybridized carbons (Fsp3) is 0.484. The molecule has 1 saturated carbocycles. The molecule has 8 nitrogen and oxygen atoms in total. The van der Waals surface area contributed by atoms with Crippen molar-refractivity contribution in [2.24, 2.45) is 5.92 Å². The lowest BCUT2D eigenvalue weighted by Crippen LogP contribution is -2.63. The van der Waals surface area contributed by atoms with E-state index in [1.165, 1.54) is 22.6 Å². The summed E-state index contributed by atoms with van der Waals surface area (Å²) in [5.41, 5.74) is 2.98. The van der Waals surface area contributed by atoms with Gasteiger partial charge in [0.25, 0.3) is 11.8 Å². The number of carbonyl (C=O) groups excluding carboxylic acids is 3. The van der Waals surface area contributed by atoms with Gasteiger partial charge in [-0.1, -0.05) is 73.2 Å². The van der Waals surface area contributed by atoms with Gasteiger partial charge in [0.2, 0.25) is 5.91 Å². The number of amides is 3. The Hall–Kier alpha value is -3.68. The third kappa shape index (κ3) is 7.25. The van der Waals surface area contributed by atoms with Gasteiger partial charge in [0.05, 0.1) is 12.5 Å². The molecule has 1 saturated heterocycles. The maximum absolute atomic E-state index is 13.9. The molecule has 2 aromatic carbocycles. The van der Waals surface area contributed by atoms with E-state index < -0.39 is 24.1 Å². The van der Waals surface area contributed by atoms with E-state index in [0.717, 1.165) is 30.4 Å². The average Bonchev–Trinajstić information content (AvgIpc) is 3.44. The molecule has 208 valence electrons. The molecule has 4 rings (SSSR count). The molecular formula is C31H39N3O5. The van der Waals surface area contributed by atoms with Crippen molar-refractivity contribution in [3.05, 3.63) is 70.8 Å². The van der Waals surface area contributed by atoms with E-state index in [9.17, 15) is 24.3 Å². The van der Waals surface area contributed by atoms with Crippen molar-refractivity contribution in [1.29, 1.82) is 0 Å². The lowest BCUT2D eigenvalue weighted by atomic mass is 10.00. The van der Waals surface area contributed by atoms with Crippen LogP contribution in [0.1, 0.15) is 84.5 Å². The number of aryl methyl sites for hydroxylation is 2. The molecule has 2 fully saturated rings. The van der Waals surface area contributed by atoms with Crippen LogP contribution >= 0.6 is 0 Å². The SMILES string of the molecule is Cc1cccc(C(=O)N2CCCN(C(=O)CCC3CCCC3)C2C(=O)NC(CC(=O)O)c2cccc(C)c2)c1. The molecule has 2 aromatic rings. The van der Waals surface area contributed by atoms with Gasteiger partial charge >= 0.3 is 5.97 Å². The topological polar surface area (TPSA) is 107 Å². The van der Waals surface area contributed by atoms with Gasteiger partial charge in [0.1, 0.15) is 0 Å². The monoisotopic (exact) mass is 533 g/mol. The van der Waals surface area contributed by atoms with Crippen molar-refractivity contribution >= 4 is 23.7 Å². The molecule has 1 heterocycles. The second kappa shape index (κ2) is 12.9. The lowest BCUT2D eigenvalue weighted by molar-refractivity contribution is -0.150. The highest BCUT2D eigenvalue weighted by molar-refractivity contribution is 5.99. The van der Waals surface area contributed by atoms with Crippen LogP contribution in [0.5, 0.6) is 0 Å². The number of nitrogens with zero attached hydrogens (tertiary/aromatic N) is 2. The molecule has 1 aliphatic heterocycles. The van der Waals surface area contributed by atoms with E-state index >= 15 is 0 Å². The first-order valence-corrected chi connectivity index (χ1v) is 14.0. The van der Waals surface area contributed by atoms with Gasteiger partial charge < -0.3 is 20.2 Å². The highest BCUT2D eigenvalue weighted by Crippen LogP contribution is 2.30. The van der Waals surface area contributed by atoms with E-state index in [1.807, 2.05) is 38.1 Å². The number of nitrogens with one attached hydrogen (secondary N) is 1. The molecule has 0 spiro atoms. The van der Waals surface area contributed by atoms with E-state index in [-0.39, 0.29) is 18.2 Å². The van der Waals surface area contributed by atoms with Crippen LogP contribution in [0, 0.1) is 19.8 Å². The number of hydrogen-bond acceptors (Lipinski definition) is 4. The Balaban J connectivity index is 1.62. The van der Waals surface area contributed by atoms with Gasteiger partial charge in [-0.15, -0.1) is 0 Å². The summed E-state index contributed by atoms with van der Waals surface area (Å²) >= 11 is 0. The molecule has 0 aromatic heterocycles. The van der Waals surface area contributed by atoms with Crippen LogP contribution in [0.25, 0.3) is 0 Å². The van der Waals surface area contributed by atoms with Crippen molar-refractivity contribution in [3.8, 4) is 0 Å². The summed E-state index contributed by atoms with van der Waals surface area (Å²) in [5.74, 6) is -1.54. The van der Waals surface area contributed by atoms with Gasteiger partial charge in [0.15, 0.2) is 6.17 Å². The fourth-order valence-corrected chi connectivity index (χ4v) is 5.86. The minimum atomic E-state index is -1.15. The number of carboxylic acids is 1. The summed E-state index contributed by atoms with van der Waals surface area (Å²) in [7, 11) is 0. The van der Waals surface area contributed by atoms with E-state index in [2.05, 4.69) is 5.32 Å². The molecule has 8 heteroatoms. The summed E-state index contributed by atoms with van der Waals surface area (Å²) in [6.45, 7) is 4.49. The Morgan fingerprint density at radius 1 is 0.923 bits per heavy atom. The van der Waals surface area contributed by atoms with E-state index in [0.29, 0.717) is 43.0 Å². The van der Waals surface area contributed by atoms with E-state index in [1.54, 1.807) is 24.3 Å². The van der Waals surface area contributed by atoms with Gasteiger partial charge in [-0.25, -0.2) is 0 Å². The molecular weight excluding hydrogens is 494 g/mol. The Kier molecular flexibility index (Phi) is 9.38. The quantitative estimate of drug-likeness (QED) is 0.490. The number of hydrogen-bond donors (Lipinski definition) is 2. The Bertz CT molecular complexity index is 1210. The normalized spacial score (nSPS) is 18.6. The highest BCUT2D eigenvalue weighted by atomic mass is 16.4. The van der Waals surface area contributed by atoms with Crippen LogP contribution in [0.2, 0.25) is 0 Å². The molecule has 2 N–H and O–H groups in total. The van der Waals surface area contributed by atoms with Crippen molar-refractivity contribution < 1.29 is 24.3 Å². The van der Waals surface area contributed by atoms with Crippen LogP contribution in [0.3, 0.4) is 0 Å². The first-order chi connectivity index (χ1) is 18.7.